The molecule has 0 saturated carbocycles. The van der Waals surface area contributed by atoms with Crippen molar-refractivity contribution in [1.29, 1.82) is 0 Å². The minimum atomic E-state index is 0.0448. The van der Waals surface area contributed by atoms with Crippen molar-refractivity contribution < 1.29 is 9.53 Å². The molecule has 3 heterocycles. The number of hydrogen-bond donors (Lipinski definition) is 1. The number of fused-ring (bicyclic) bond motifs is 3. The molecule has 4 nitrogen and oxygen atoms in total. The highest BCUT2D eigenvalue weighted by atomic mass is 32.2. The van der Waals surface area contributed by atoms with Gasteiger partial charge in [-0.3, -0.25) is 4.79 Å². The van der Waals surface area contributed by atoms with Gasteiger partial charge in [0, 0.05) is 41.7 Å². The Morgan fingerprint density at radius 2 is 1.90 bits per heavy atom. The normalized spacial score (nSPS) is 17.3. The predicted octanol–water partition coefficient (Wildman–Crippen LogP) is 5.00. The zero-order valence-electron chi connectivity index (χ0n) is 16.2. The summed E-state index contributed by atoms with van der Waals surface area (Å²) in [5.41, 5.74) is 4.98. The number of carbonyl (C=O) groups is 1. The van der Waals surface area contributed by atoms with E-state index in [0.717, 1.165) is 24.2 Å². The molecule has 6 heteroatoms. The number of H-pyrrole nitrogens is 1. The van der Waals surface area contributed by atoms with Crippen LogP contribution in [0.4, 0.5) is 0 Å². The van der Waals surface area contributed by atoms with Gasteiger partial charge in [0.1, 0.15) is 5.75 Å². The maximum Gasteiger partial charge on any atom is 0.260 e. The van der Waals surface area contributed by atoms with E-state index in [-0.39, 0.29) is 12.5 Å². The third kappa shape index (κ3) is 4.01. The summed E-state index contributed by atoms with van der Waals surface area (Å²) in [6.45, 7) is 1.47. The number of amides is 1. The Morgan fingerprint density at radius 3 is 2.72 bits per heavy atom. The van der Waals surface area contributed by atoms with Gasteiger partial charge >= 0.3 is 0 Å². The van der Waals surface area contributed by atoms with Crippen molar-refractivity contribution in [3.8, 4) is 5.75 Å². The number of carbonyl (C=O) groups excluding carboxylic acids is 1. The zero-order chi connectivity index (χ0) is 19.6. The maximum atomic E-state index is 12.7. The van der Waals surface area contributed by atoms with Crippen LogP contribution in [0.25, 0.3) is 10.9 Å². The molecule has 1 saturated heterocycles. The second-order valence-corrected chi connectivity index (χ2v) is 10.2. The summed E-state index contributed by atoms with van der Waals surface area (Å²) in [7, 11) is 0. The maximum absolute atomic E-state index is 12.7. The summed E-state index contributed by atoms with van der Waals surface area (Å²) in [6, 6.07) is 16.6. The van der Waals surface area contributed by atoms with Gasteiger partial charge in [-0.1, -0.05) is 30.3 Å². The predicted molar refractivity (Wildman–Crippen MR) is 122 cm³/mol. The molecule has 1 amide bonds. The Bertz CT molecular complexity index is 1010. The van der Waals surface area contributed by atoms with E-state index in [1.54, 1.807) is 0 Å². The molecule has 0 aliphatic carbocycles. The monoisotopic (exact) mass is 424 g/mol. The van der Waals surface area contributed by atoms with Crippen LogP contribution in [0.5, 0.6) is 5.75 Å². The molecule has 29 heavy (non-hydrogen) atoms. The lowest BCUT2D eigenvalue weighted by Crippen LogP contribution is -2.38. The van der Waals surface area contributed by atoms with E-state index >= 15 is 0 Å². The van der Waals surface area contributed by atoms with Crippen LogP contribution in [-0.2, 0) is 17.8 Å². The van der Waals surface area contributed by atoms with Gasteiger partial charge in [-0.05, 0) is 41.7 Å². The van der Waals surface area contributed by atoms with Crippen LogP contribution in [0.1, 0.15) is 27.8 Å². The number of para-hydroxylation sites is 1. The highest BCUT2D eigenvalue weighted by Gasteiger charge is 2.24. The number of ether oxygens (including phenoxy) is 1. The minimum Gasteiger partial charge on any atom is -0.484 e. The third-order valence-corrected chi connectivity index (χ3v) is 8.59. The fourth-order valence-corrected chi connectivity index (χ4v) is 6.91. The molecule has 0 atom stereocenters. The SMILES string of the molecule is O=C(COc1ccc(C2SCCCS2)cc1)N1CCc2[nH]c3ccccc3c2C1. The van der Waals surface area contributed by atoms with Crippen LogP contribution < -0.4 is 4.74 Å². The Labute approximate surface area is 179 Å². The number of aromatic amines is 1. The van der Waals surface area contributed by atoms with Crippen LogP contribution in [0.3, 0.4) is 0 Å². The molecule has 0 unspecified atom stereocenters. The number of nitrogens with zero attached hydrogens (tertiary/aromatic N) is 1. The molecule has 1 fully saturated rings. The van der Waals surface area contributed by atoms with E-state index in [0.29, 0.717) is 11.1 Å². The van der Waals surface area contributed by atoms with Gasteiger partial charge in [0.2, 0.25) is 0 Å². The smallest absolute Gasteiger partial charge is 0.260 e. The van der Waals surface area contributed by atoms with E-state index in [4.69, 9.17) is 4.74 Å². The highest BCUT2D eigenvalue weighted by molar-refractivity contribution is 8.16. The first-order valence-electron chi connectivity index (χ1n) is 10.1. The first-order chi connectivity index (χ1) is 14.3. The molecule has 2 aliphatic rings. The molecule has 0 spiro atoms. The van der Waals surface area contributed by atoms with Crippen molar-refractivity contribution in [1.82, 2.24) is 9.88 Å². The first kappa shape index (κ1) is 18.9. The lowest BCUT2D eigenvalue weighted by Gasteiger charge is -2.27. The van der Waals surface area contributed by atoms with E-state index < -0.39 is 0 Å². The van der Waals surface area contributed by atoms with Crippen LogP contribution in [0, 0.1) is 0 Å². The Kier molecular flexibility index (Phi) is 5.46. The lowest BCUT2D eigenvalue weighted by atomic mass is 10.0. The number of rotatable bonds is 4. The quantitative estimate of drug-likeness (QED) is 0.640. The average Bonchev–Trinajstić information content (AvgIpc) is 3.16. The second kappa shape index (κ2) is 8.36. The molecule has 5 rings (SSSR count). The van der Waals surface area contributed by atoms with E-state index in [1.165, 1.54) is 40.1 Å². The largest absolute Gasteiger partial charge is 0.484 e. The van der Waals surface area contributed by atoms with Crippen LogP contribution in [0.15, 0.2) is 48.5 Å². The number of nitrogens with one attached hydrogen (secondary N) is 1. The molecular weight excluding hydrogens is 400 g/mol. The van der Waals surface area contributed by atoms with Gasteiger partial charge < -0.3 is 14.6 Å². The summed E-state index contributed by atoms with van der Waals surface area (Å²) in [5.74, 6) is 3.28. The number of hydrogen-bond acceptors (Lipinski definition) is 4. The van der Waals surface area contributed by atoms with E-state index in [1.807, 2.05) is 52.7 Å². The summed E-state index contributed by atoms with van der Waals surface area (Å²) in [4.78, 5) is 18.1. The van der Waals surface area contributed by atoms with Crippen LogP contribution in [-0.4, -0.2) is 40.4 Å². The molecule has 0 radical (unpaired) electrons. The van der Waals surface area contributed by atoms with Gasteiger partial charge in [-0.2, -0.15) is 0 Å². The Morgan fingerprint density at radius 1 is 1.10 bits per heavy atom. The van der Waals surface area contributed by atoms with Crippen molar-refractivity contribution in [3.63, 3.8) is 0 Å². The van der Waals surface area contributed by atoms with Crippen molar-refractivity contribution >= 4 is 40.3 Å². The molecular formula is C23H24N2O2S2. The molecule has 1 aromatic heterocycles. The van der Waals surface area contributed by atoms with E-state index in [2.05, 4.69) is 29.2 Å². The fourth-order valence-electron chi connectivity index (χ4n) is 4.02. The average molecular weight is 425 g/mol. The van der Waals surface area contributed by atoms with Crippen LogP contribution >= 0.6 is 23.5 Å². The summed E-state index contributed by atoms with van der Waals surface area (Å²) in [6.07, 6.45) is 2.16. The minimum absolute atomic E-state index is 0.0448. The van der Waals surface area contributed by atoms with Gasteiger partial charge in [-0.15, -0.1) is 23.5 Å². The standard InChI is InChI=1S/C23H24N2O2S2/c26-22(15-27-17-8-6-16(7-9-17)23-28-12-3-13-29-23)25-11-10-21-19(14-25)18-4-1-2-5-20(18)24-21/h1-2,4-9,23-24H,3,10-15H2. The molecule has 3 aromatic rings. The summed E-state index contributed by atoms with van der Waals surface area (Å²) < 4.78 is 6.33. The molecule has 1 N–H and O–H groups in total. The zero-order valence-corrected chi connectivity index (χ0v) is 17.9. The molecule has 2 aliphatic heterocycles. The van der Waals surface area contributed by atoms with Gasteiger partial charge in [0.15, 0.2) is 6.61 Å². The van der Waals surface area contributed by atoms with Gasteiger partial charge in [0.25, 0.3) is 5.91 Å². The Hall–Kier alpha value is -2.05. The van der Waals surface area contributed by atoms with Crippen molar-refractivity contribution in [2.75, 3.05) is 24.7 Å². The second-order valence-electron chi connectivity index (χ2n) is 7.48. The van der Waals surface area contributed by atoms with Crippen LogP contribution in [0.2, 0.25) is 0 Å². The topological polar surface area (TPSA) is 45.3 Å². The van der Waals surface area contributed by atoms with Gasteiger partial charge in [-0.25, -0.2) is 0 Å². The lowest BCUT2D eigenvalue weighted by molar-refractivity contribution is -0.134. The fraction of sp³-hybridized carbons (Fsp3) is 0.348. The number of benzene rings is 2. The summed E-state index contributed by atoms with van der Waals surface area (Å²) >= 11 is 4.03. The number of aromatic nitrogens is 1. The van der Waals surface area contributed by atoms with Gasteiger partial charge in [0.05, 0.1) is 4.58 Å². The van der Waals surface area contributed by atoms with Crippen molar-refractivity contribution in [2.24, 2.45) is 0 Å². The van der Waals surface area contributed by atoms with Crippen molar-refractivity contribution in [3.05, 3.63) is 65.4 Å². The third-order valence-electron chi connectivity index (χ3n) is 5.58. The Balaban J connectivity index is 1.20. The van der Waals surface area contributed by atoms with E-state index in [9.17, 15) is 4.79 Å². The summed E-state index contributed by atoms with van der Waals surface area (Å²) in [5, 5.41) is 1.22. The first-order valence-corrected chi connectivity index (χ1v) is 12.2. The number of thioether (sulfide) groups is 2. The molecule has 2 aromatic carbocycles. The molecule has 150 valence electrons. The highest BCUT2D eigenvalue weighted by Crippen LogP contribution is 2.43. The van der Waals surface area contributed by atoms with Crippen molar-refractivity contribution in [2.45, 2.75) is 24.0 Å². The molecule has 0 bridgehead atoms.